The van der Waals surface area contributed by atoms with Crippen molar-refractivity contribution in [3.05, 3.63) is 0 Å². The topological polar surface area (TPSA) is 29.3 Å². The van der Waals surface area contributed by atoms with E-state index in [1.807, 2.05) is 0 Å². The summed E-state index contributed by atoms with van der Waals surface area (Å²) in [7, 11) is 2.19. The van der Waals surface area contributed by atoms with E-state index in [4.69, 9.17) is 5.73 Å². The van der Waals surface area contributed by atoms with Gasteiger partial charge in [-0.05, 0) is 38.3 Å². The highest BCUT2D eigenvalue weighted by molar-refractivity contribution is 4.80. The maximum absolute atomic E-state index is 5.95. The van der Waals surface area contributed by atoms with Crippen LogP contribution in [-0.2, 0) is 0 Å². The standard InChI is InChI=1S/C12H28N2/c1-10(2)7-8-14(6)9-12(4,5)11(3)13/h10-11H,7-9,13H2,1-6H3. The molecule has 0 aromatic rings. The molecule has 0 bridgehead atoms. The van der Waals surface area contributed by atoms with E-state index in [1.54, 1.807) is 0 Å². The summed E-state index contributed by atoms with van der Waals surface area (Å²) < 4.78 is 0. The van der Waals surface area contributed by atoms with Gasteiger partial charge in [-0.3, -0.25) is 0 Å². The molecule has 14 heavy (non-hydrogen) atoms. The molecule has 0 saturated heterocycles. The largest absolute Gasteiger partial charge is 0.327 e. The van der Waals surface area contributed by atoms with Gasteiger partial charge in [0, 0.05) is 12.6 Å². The Morgan fingerprint density at radius 2 is 1.71 bits per heavy atom. The summed E-state index contributed by atoms with van der Waals surface area (Å²) in [6.07, 6.45) is 1.27. The minimum absolute atomic E-state index is 0.214. The van der Waals surface area contributed by atoms with Gasteiger partial charge in [0.25, 0.3) is 0 Å². The van der Waals surface area contributed by atoms with Gasteiger partial charge >= 0.3 is 0 Å². The van der Waals surface area contributed by atoms with Crippen LogP contribution in [0.15, 0.2) is 0 Å². The molecule has 0 amide bonds. The van der Waals surface area contributed by atoms with Gasteiger partial charge in [-0.1, -0.05) is 27.7 Å². The Kier molecular flexibility index (Phi) is 5.68. The monoisotopic (exact) mass is 200 g/mol. The lowest BCUT2D eigenvalue weighted by atomic mass is 9.85. The Bertz CT molecular complexity index is 150. The molecule has 0 aliphatic rings. The Hall–Kier alpha value is -0.0800. The van der Waals surface area contributed by atoms with Crippen molar-refractivity contribution in [2.24, 2.45) is 17.1 Å². The summed E-state index contributed by atoms with van der Waals surface area (Å²) in [5.41, 5.74) is 6.16. The lowest BCUT2D eigenvalue weighted by Crippen LogP contribution is -2.43. The van der Waals surface area contributed by atoms with Crippen molar-refractivity contribution in [1.82, 2.24) is 4.90 Å². The summed E-state index contributed by atoms with van der Waals surface area (Å²) >= 11 is 0. The molecule has 0 heterocycles. The summed E-state index contributed by atoms with van der Waals surface area (Å²) in [6, 6.07) is 0.254. The number of rotatable bonds is 6. The molecule has 0 aliphatic carbocycles. The molecule has 0 radical (unpaired) electrons. The van der Waals surface area contributed by atoms with E-state index in [0.29, 0.717) is 0 Å². The predicted octanol–water partition coefficient (Wildman–Crippen LogP) is 2.34. The SMILES string of the molecule is CC(C)CCN(C)CC(C)(C)C(C)N. The van der Waals surface area contributed by atoms with Gasteiger partial charge in [0.1, 0.15) is 0 Å². The normalized spacial score (nSPS) is 15.2. The minimum atomic E-state index is 0.214. The number of nitrogens with zero attached hydrogens (tertiary/aromatic N) is 1. The van der Waals surface area contributed by atoms with Crippen molar-refractivity contribution < 1.29 is 0 Å². The van der Waals surface area contributed by atoms with E-state index in [1.165, 1.54) is 13.0 Å². The van der Waals surface area contributed by atoms with Crippen LogP contribution in [0.1, 0.15) is 41.0 Å². The van der Waals surface area contributed by atoms with Gasteiger partial charge < -0.3 is 10.6 Å². The van der Waals surface area contributed by atoms with Crippen molar-refractivity contribution in [2.45, 2.75) is 47.1 Å². The van der Waals surface area contributed by atoms with Gasteiger partial charge in [0.15, 0.2) is 0 Å². The third kappa shape index (κ3) is 5.61. The fourth-order valence-corrected chi connectivity index (χ4v) is 1.40. The maximum atomic E-state index is 5.95. The number of hydrogen-bond donors (Lipinski definition) is 1. The van der Waals surface area contributed by atoms with Crippen molar-refractivity contribution in [1.29, 1.82) is 0 Å². The van der Waals surface area contributed by atoms with Crippen LogP contribution in [0.4, 0.5) is 0 Å². The predicted molar refractivity (Wildman–Crippen MR) is 64.4 cm³/mol. The Labute approximate surface area is 89.9 Å². The molecule has 1 unspecified atom stereocenters. The molecule has 86 valence electrons. The average Bonchev–Trinajstić information content (AvgIpc) is 1.99. The first-order valence-corrected chi connectivity index (χ1v) is 5.70. The molecule has 0 aromatic heterocycles. The lowest BCUT2D eigenvalue weighted by molar-refractivity contribution is 0.178. The highest BCUT2D eigenvalue weighted by Crippen LogP contribution is 2.20. The molecule has 0 saturated carbocycles. The Morgan fingerprint density at radius 1 is 1.21 bits per heavy atom. The third-order valence-corrected chi connectivity index (χ3v) is 3.00. The van der Waals surface area contributed by atoms with E-state index in [2.05, 4.69) is 46.6 Å². The molecule has 0 rings (SSSR count). The van der Waals surface area contributed by atoms with Crippen molar-refractivity contribution in [2.75, 3.05) is 20.1 Å². The van der Waals surface area contributed by atoms with Gasteiger partial charge in [-0.2, -0.15) is 0 Å². The molecule has 0 aliphatic heterocycles. The fraction of sp³-hybridized carbons (Fsp3) is 1.00. The molecule has 0 aromatic carbocycles. The number of hydrogen-bond acceptors (Lipinski definition) is 2. The van der Waals surface area contributed by atoms with Gasteiger partial charge in [-0.25, -0.2) is 0 Å². The van der Waals surface area contributed by atoms with Crippen molar-refractivity contribution >= 4 is 0 Å². The second-order valence-corrected chi connectivity index (χ2v) is 5.70. The van der Waals surface area contributed by atoms with E-state index >= 15 is 0 Å². The molecule has 2 nitrogen and oxygen atoms in total. The third-order valence-electron chi connectivity index (χ3n) is 3.00. The molecule has 2 heteroatoms. The zero-order valence-electron chi connectivity index (χ0n) is 10.8. The highest BCUT2D eigenvalue weighted by atomic mass is 15.1. The second kappa shape index (κ2) is 5.72. The molecule has 0 fully saturated rings. The van der Waals surface area contributed by atoms with E-state index < -0.39 is 0 Å². The second-order valence-electron chi connectivity index (χ2n) is 5.70. The van der Waals surface area contributed by atoms with Gasteiger partial charge in [-0.15, -0.1) is 0 Å². The van der Waals surface area contributed by atoms with Crippen LogP contribution in [0.5, 0.6) is 0 Å². The molecular formula is C12H28N2. The van der Waals surface area contributed by atoms with Crippen LogP contribution in [0, 0.1) is 11.3 Å². The first kappa shape index (κ1) is 13.9. The van der Waals surface area contributed by atoms with Crippen molar-refractivity contribution in [3.63, 3.8) is 0 Å². The zero-order valence-corrected chi connectivity index (χ0v) is 10.8. The average molecular weight is 200 g/mol. The van der Waals surface area contributed by atoms with Crippen LogP contribution in [0.25, 0.3) is 0 Å². The van der Waals surface area contributed by atoms with Gasteiger partial charge in [0.05, 0.1) is 0 Å². The summed E-state index contributed by atoms with van der Waals surface area (Å²) in [6.45, 7) is 13.4. The van der Waals surface area contributed by atoms with E-state index in [-0.39, 0.29) is 11.5 Å². The molecule has 2 N–H and O–H groups in total. The summed E-state index contributed by atoms with van der Waals surface area (Å²) in [5.74, 6) is 0.788. The van der Waals surface area contributed by atoms with E-state index in [0.717, 1.165) is 12.5 Å². The summed E-state index contributed by atoms with van der Waals surface area (Å²) in [5, 5.41) is 0. The maximum Gasteiger partial charge on any atom is 0.00739 e. The van der Waals surface area contributed by atoms with Crippen LogP contribution in [-0.4, -0.2) is 31.1 Å². The molecular weight excluding hydrogens is 172 g/mol. The van der Waals surface area contributed by atoms with Crippen LogP contribution in [0.3, 0.4) is 0 Å². The lowest BCUT2D eigenvalue weighted by Gasteiger charge is -2.33. The van der Waals surface area contributed by atoms with Crippen LogP contribution < -0.4 is 5.73 Å². The van der Waals surface area contributed by atoms with Crippen molar-refractivity contribution in [3.8, 4) is 0 Å². The van der Waals surface area contributed by atoms with Crippen LogP contribution in [0.2, 0.25) is 0 Å². The fourth-order valence-electron chi connectivity index (χ4n) is 1.40. The molecule has 1 atom stereocenters. The Balaban J connectivity index is 3.87. The Morgan fingerprint density at radius 3 is 2.07 bits per heavy atom. The first-order valence-electron chi connectivity index (χ1n) is 5.70. The number of nitrogens with two attached hydrogens (primary N) is 1. The minimum Gasteiger partial charge on any atom is -0.327 e. The quantitative estimate of drug-likeness (QED) is 0.713. The van der Waals surface area contributed by atoms with E-state index in [9.17, 15) is 0 Å². The zero-order chi connectivity index (χ0) is 11.4. The highest BCUT2D eigenvalue weighted by Gasteiger charge is 2.24. The first-order chi connectivity index (χ1) is 6.25. The molecule has 0 spiro atoms. The van der Waals surface area contributed by atoms with Gasteiger partial charge in [0.2, 0.25) is 0 Å². The van der Waals surface area contributed by atoms with Crippen LogP contribution >= 0.6 is 0 Å². The summed E-state index contributed by atoms with van der Waals surface area (Å²) in [4.78, 5) is 2.39. The smallest absolute Gasteiger partial charge is 0.00739 e.